The van der Waals surface area contributed by atoms with Gasteiger partial charge in [0.1, 0.15) is 0 Å². The standard InChI is InChI=1S/C18H21N3O2/c1-3-14-9-11-15(12-10-14)13-21(2)18(23)20-19-17(22)16-7-5-4-6-8-16/h4-12H,3,13H2,1-2H3,(H,19,22)(H,20,23). The number of hydrogen-bond donors (Lipinski definition) is 2. The predicted molar refractivity (Wildman–Crippen MR) is 89.7 cm³/mol. The molecular weight excluding hydrogens is 290 g/mol. The number of aryl methyl sites for hydroxylation is 1. The molecule has 2 rings (SSSR count). The van der Waals surface area contributed by atoms with Gasteiger partial charge in [-0.15, -0.1) is 0 Å². The third kappa shape index (κ3) is 4.85. The van der Waals surface area contributed by atoms with E-state index in [1.165, 1.54) is 10.5 Å². The minimum Gasteiger partial charge on any atom is -0.322 e. The Labute approximate surface area is 136 Å². The summed E-state index contributed by atoms with van der Waals surface area (Å²) >= 11 is 0. The Kier molecular flexibility index (Phi) is 5.74. The molecule has 0 bridgehead atoms. The van der Waals surface area contributed by atoms with Gasteiger partial charge < -0.3 is 4.90 Å². The summed E-state index contributed by atoms with van der Waals surface area (Å²) in [5.41, 5.74) is 7.60. The van der Waals surface area contributed by atoms with Crippen molar-refractivity contribution in [2.75, 3.05) is 7.05 Å². The van der Waals surface area contributed by atoms with Crippen molar-refractivity contribution in [3.05, 3.63) is 71.3 Å². The van der Waals surface area contributed by atoms with Crippen LogP contribution in [0.2, 0.25) is 0 Å². The summed E-state index contributed by atoms with van der Waals surface area (Å²) in [5, 5.41) is 0. The Bertz CT molecular complexity index is 654. The normalized spacial score (nSPS) is 10.0. The van der Waals surface area contributed by atoms with Crippen molar-refractivity contribution in [1.29, 1.82) is 0 Å². The zero-order valence-electron chi connectivity index (χ0n) is 13.4. The molecule has 0 aromatic heterocycles. The topological polar surface area (TPSA) is 61.4 Å². The molecule has 0 saturated heterocycles. The monoisotopic (exact) mass is 311 g/mol. The molecule has 2 aromatic rings. The Morgan fingerprint density at radius 3 is 2.13 bits per heavy atom. The number of rotatable bonds is 4. The molecule has 120 valence electrons. The summed E-state index contributed by atoms with van der Waals surface area (Å²) < 4.78 is 0. The summed E-state index contributed by atoms with van der Waals surface area (Å²) in [4.78, 5) is 25.4. The maximum atomic E-state index is 12.0. The van der Waals surface area contributed by atoms with Gasteiger partial charge >= 0.3 is 6.03 Å². The summed E-state index contributed by atoms with van der Waals surface area (Å²) in [5.74, 6) is -0.348. The molecule has 3 amide bonds. The molecule has 0 unspecified atom stereocenters. The van der Waals surface area contributed by atoms with E-state index in [1.807, 2.05) is 18.2 Å². The van der Waals surface area contributed by atoms with E-state index in [-0.39, 0.29) is 11.9 Å². The lowest BCUT2D eigenvalue weighted by atomic mass is 10.1. The molecule has 0 heterocycles. The van der Waals surface area contributed by atoms with Crippen molar-refractivity contribution in [3.8, 4) is 0 Å². The average molecular weight is 311 g/mol. The Morgan fingerprint density at radius 1 is 0.913 bits per heavy atom. The van der Waals surface area contributed by atoms with E-state index < -0.39 is 0 Å². The number of carbonyl (C=O) groups excluding carboxylic acids is 2. The highest BCUT2D eigenvalue weighted by Crippen LogP contribution is 2.07. The van der Waals surface area contributed by atoms with Crippen LogP contribution in [0.3, 0.4) is 0 Å². The number of hydrogen-bond acceptors (Lipinski definition) is 2. The van der Waals surface area contributed by atoms with E-state index in [0.717, 1.165) is 12.0 Å². The fraction of sp³-hybridized carbons (Fsp3) is 0.222. The Hall–Kier alpha value is -2.82. The highest BCUT2D eigenvalue weighted by molar-refractivity contribution is 5.95. The van der Waals surface area contributed by atoms with Crippen molar-refractivity contribution in [2.45, 2.75) is 19.9 Å². The Balaban J connectivity index is 1.83. The largest absolute Gasteiger partial charge is 0.336 e. The summed E-state index contributed by atoms with van der Waals surface area (Å²) in [6.07, 6.45) is 0.988. The first-order valence-corrected chi connectivity index (χ1v) is 7.54. The highest BCUT2D eigenvalue weighted by atomic mass is 16.2. The zero-order valence-corrected chi connectivity index (χ0v) is 13.4. The number of carbonyl (C=O) groups is 2. The Morgan fingerprint density at radius 2 is 1.52 bits per heavy atom. The molecule has 5 heteroatoms. The number of amides is 3. The van der Waals surface area contributed by atoms with Crippen molar-refractivity contribution in [2.24, 2.45) is 0 Å². The van der Waals surface area contributed by atoms with Crippen LogP contribution in [-0.4, -0.2) is 23.9 Å². The first-order chi connectivity index (χ1) is 11.1. The average Bonchev–Trinajstić information content (AvgIpc) is 2.60. The van der Waals surface area contributed by atoms with Crippen LogP contribution in [0.25, 0.3) is 0 Å². The lowest BCUT2D eigenvalue weighted by molar-refractivity contribution is 0.0931. The number of nitrogens with zero attached hydrogens (tertiary/aromatic N) is 1. The third-order valence-electron chi connectivity index (χ3n) is 3.52. The lowest BCUT2D eigenvalue weighted by Gasteiger charge is -2.18. The SMILES string of the molecule is CCc1ccc(CN(C)C(=O)NNC(=O)c2ccccc2)cc1. The molecule has 0 fully saturated rings. The molecule has 2 N–H and O–H groups in total. The summed E-state index contributed by atoms with van der Waals surface area (Å²) in [6.45, 7) is 2.57. The van der Waals surface area contributed by atoms with Gasteiger partial charge in [0.15, 0.2) is 0 Å². The van der Waals surface area contributed by atoms with Gasteiger partial charge in [0.25, 0.3) is 5.91 Å². The van der Waals surface area contributed by atoms with E-state index in [4.69, 9.17) is 0 Å². The van der Waals surface area contributed by atoms with Gasteiger partial charge in [-0.3, -0.25) is 10.2 Å². The molecule has 0 aliphatic rings. The number of nitrogens with one attached hydrogen (secondary N) is 2. The first kappa shape index (κ1) is 16.5. The van der Waals surface area contributed by atoms with Gasteiger partial charge in [0.05, 0.1) is 0 Å². The van der Waals surface area contributed by atoms with Crippen molar-refractivity contribution >= 4 is 11.9 Å². The molecule has 0 radical (unpaired) electrons. The van der Waals surface area contributed by atoms with Crippen LogP contribution < -0.4 is 10.9 Å². The highest BCUT2D eigenvalue weighted by Gasteiger charge is 2.11. The summed E-state index contributed by atoms with van der Waals surface area (Å²) in [6, 6.07) is 16.5. The van der Waals surface area contributed by atoms with Crippen molar-refractivity contribution in [1.82, 2.24) is 15.8 Å². The number of urea groups is 1. The fourth-order valence-corrected chi connectivity index (χ4v) is 2.09. The maximum absolute atomic E-state index is 12.0. The van der Waals surface area contributed by atoms with Gasteiger partial charge in [0, 0.05) is 19.2 Å². The van der Waals surface area contributed by atoms with Crippen LogP contribution in [0.15, 0.2) is 54.6 Å². The van der Waals surface area contributed by atoms with Crippen molar-refractivity contribution in [3.63, 3.8) is 0 Å². The van der Waals surface area contributed by atoms with Crippen molar-refractivity contribution < 1.29 is 9.59 Å². The van der Waals surface area contributed by atoms with Crippen LogP contribution in [0.1, 0.15) is 28.4 Å². The van der Waals surface area contributed by atoms with Crippen LogP contribution in [-0.2, 0) is 13.0 Å². The second-order valence-electron chi connectivity index (χ2n) is 5.28. The van der Waals surface area contributed by atoms with E-state index >= 15 is 0 Å². The molecule has 2 aromatic carbocycles. The lowest BCUT2D eigenvalue weighted by Crippen LogP contribution is -2.47. The quantitative estimate of drug-likeness (QED) is 0.853. The molecule has 23 heavy (non-hydrogen) atoms. The van der Waals surface area contributed by atoms with E-state index in [0.29, 0.717) is 12.1 Å². The van der Waals surface area contributed by atoms with Crippen LogP contribution >= 0.6 is 0 Å². The molecular formula is C18H21N3O2. The molecule has 0 saturated carbocycles. The van der Waals surface area contributed by atoms with E-state index in [2.05, 4.69) is 29.9 Å². The fourth-order valence-electron chi connectivity index (χ4n) is 2.09. The van der Waals surface area contributed by atoms with E-state index in [9.17, 15) is 9.59 Å². The van der Waals surface area contributed by atoms with Crippen LogP contribution in [0, 0.1) is 0 Å². The van der Waals surface area contributed by atoms with E-state index in [1.54, 1.807) is 31.3 Å². The minimum atomic E-state index is -0.367. The van der Waals surface area contributed by atoms with Gasteiger partial charge in [-0.2, -0.15) is 0 Å². The van der Waals surface area contributed by atoms with Gasteiger partial charge in [-0.05, 0) is 29.7 Å². The molecule has 5 nitrogen and oxygen atoms in total. The minimum absolute atomic E-state index is 0.348. The summed E-state index contributed by atoms with van der Waals surface area (Å²) in [7, 11) is 1.68. The van der Waals surface area contributed by atoms with Gasteiger partial charge in [-0.1, -0.05) is 49.4 Å². The van der Waals surface area contributed by atoms with Gasteiger partial charge in [-0.25, -0.2) is 10.2 Å². The molecule has 0 aliphatic carbocycles. The zero-order chi connectivity index (χ0) is 16.7. The smallest absolute Gasteiger partial charge is 0.322 e. The second-order valence-corrected chi connectivity index (χ2v) is 5.28. The molecule has 0 atom stereocenters. The predicted octanol–water partition coefficient (Wildman–Crippen LogP) is 2.74. The van der Waals surface area contributed by atoms with Crippen LogP contribution in [0.4, 0.5) is 4.79 Å². The second kappa shape index (κ2) is 7.98. The third-order valence-corrected chi connectivity index (χ3v) is 3.52. The first-order valence-electron chi connectivity index (χ1n) is 7.54. The van der Waals surface area contributed by atoms with Gasteiger partial charge in [0.2, 0.25) is 0 Å². The molecule has 0 spiro atoms. The number of benzene rings is 2. The molecule has 0 aliphatic heterocycles. The number of hydrazine groups is 1. The van der Waals surface area contributed by atoms with Crippen LogP contribution in [0.5, 0.6) is 0 Å². The maximum Gasteiger partial charge on any atom is 0.336 e.